The Balaban J connectivity index is 1.47. The second kappa shape index (κ2) is 10.7. The first-order valence-corrected chi connectivity index (χ1v) is 14.1. The topological polar surface area (TPSA) is 98.2 Å². The molecule has 2 aliphatic rings. The highest BCUT2D eigenvalue weighted by atomic mass is 32.1. The molecular weight excluding hydrogens is 528 g/mol. The van der Waals surface area contributed by atoms with E-state index in [4.69, 9.17) is 19.2 Å². The van der Waals surface area contributed by atoms with Crippen molar-refractivity contribution < 1.29 is 28.9 Å². The van der Waals surface area contributed by atoms with Crippen LogP contribution >= 0.6 is 11.3 Å². The number of aliphatic hydroxyl groups is 1. The molecule has 9 heteroatoms. The van der Waals surface area contributed by atoms with Gasteiger partial charge in [-0.1, -0.05) is 42.9 Å². The molecule has 0 bridgehead atoms. The molecular formula is C31H28N2O6S. The summed E-state index contributed by atoms with van der Waals surface area (Å²) in [4.78, 5) is 33.2. The maximum atomic E-state index is 13.6. The fraction of sp³-hybridized carbons (Fsp3) is 0.258. The third kappa shape index (κ3) is 4.66. The smallest absolute Gasteiger partial charge is 0.301 e. The lowest BCUT2D eigenvalue weighted by Crippen LogP contribution is -2.29. The van der Waals surface area contributed by atoms with E-state index in [1.165, 1.54) is 16.2 Å². The maximum Gasteiger partial charge on any atom is 0.301 e. The number of anilines is 1. The molecule has 1 atom stereocenters. The average molecular weight is 557 g/mol. The monoisotopic (exact) mass is 556 g/mol. The van der Waals surface area contributed by atoms with Crippen molar-refractivity contribution in [2.75, 3.05) is 24.7 Å². The Bertz CT molecular complexity index is 1640. The summed E-state index contributed by atoms with van der Waals surface area (Å²) in [7, 11) is 0. The summed E-state index contributed by atoms with van der Waals surface area (Å²) < 4.78 is 18.0. The number of aryl methyl sites for hydroxylation is 1. The van der Waals surface area contributed by atoms with Gasteiger partial charge in [-0.25, -0.2) is 4.98 Å². The number of thiazole rings is 1. The van der Waals surface area contributed by atoms with Crippen LogP contribution in [-0.2, 0) is 9.59 Å². The predicted molar refractivity (Wildman–Crippen MR) is 153 cm³/mol. The summed E-state index contributed by atoms with van der Waals surface area (Å²) in [6.07, 6.45) is 1.96. The van der Waals surface area contributed by atoms with Crippen molar-refractivity contribution in [1.29, 1.82) is 0 Å². The van der Waals surface area contributed by atoms with Crippen LogP contribution < -0.4 is 19.1 Å². The van der Waals surface area contributed by atoms with Gasteiger partial charge in [-0.2, -0.15) is 0 Å². The summed E-state index contributed by atoms with van der Waals surface area (Å²) in [5.74, 6) is -0.0989. The summed E-state index contributed by atoms with van der Waals surface area (Å²) in [5.41, 5.74) is 2.79. The van der Waals surface area contributed by atoms with E-state index in [2.05, 4.69) is 6.92 Å². The summed E-state index contributed by atoms with van der Waals surface area (Å²) in [6.45, 7) is 5.50. The van der Waals surface area contributed by atoms with Gasteiger partial charge in [0.15, 0.2) is 16.6 Å². The van der Waals surface area contributed by atoms with Crippen LogP contribution in [0.4, 0.5) is 5.13 Å². The van der Waals surface area contributed by atoms with E-state index >= 15 is 0 Å². The number of ketones is 1. The van der Waals surface area contributed by atoms with Gasteiger partial charge in [0, 0.05) is 5.56 Å². The van der Waals surface area contributed by atoms with Crippen LogP contribution in [0.3, 0.4) is 0 Å². The van der Waals surface area contributed by atoms with E-state index in [0.717, 1.165) is 28.6 Å². The number of unbranched alkanes of at least 4 members (excludes halogenated alkanes) is 1. The quantitative estimate of drug-likeness (QED) is 0.126. The number of aliphatic hydroxyl groups excluding tert-OH is 1. The van der Waals surface area contributed by atoms with Crippen LogP contribution in [0.25, 0.3) is 16.0 Å². The first-order valence-electron chi connectivity index (χ1n) is 13.3. The second-order valence-electron chi connectivity index (χ2n) is 9.77. The van der Waals surface area contributed by atoms with Crippen LogP contribution in [0.2, 0.25) is 0 Å². The molecule has 1 unspecified atom stereocenters. The molecule has 0 aliphatic carbocycles. The van der Waals surface area contributed by atoms with Crippen LogP contribution in [0.1, 0.15) is 42.5 Å². The fourth-order valence-corrected chi connectivity index (χ4v) is 5.99. The number of carbonyl (C=O) groups is 2. The normalized spacial score (nSPS) is 17.9. The molecule has 1 fully saturated rings. The van der Waals surface area contributed by atoms with Crippen molar-refractivity contribution in [2.24, 2.45) is 0 Å². The lowest BCUT2D eigenvalue weighted by atomic mass is 9.95. The number of Topliss-reactive ketones (excluding diaryl/α,β-unsaturated/α-hetero) is 1. The Kier molecular flexibility index (Phi) is 6.89. The van der Waals surface area contributed by atoms with Gasteiger partial charge < -0.3 is 19.3 Å². The Morgan fingerprint density at radius 3 is 2.60 bits per heavy atom. The largest absolute Gasteiger partial charge is 0.507 e. The maximum absolute atomic E-state index is 13.6. The molecule has 0 spiro atoms. The molecule has 6 rings (SSSR count). The van der Waals surface area contributed by atoms with Gasteiger partial charge in [-0.05, 0) is 66.9 Å². The zero-order valence-electron chi connectivity index (χ0n) is 22.2. The molecule has 1 aromatic heterocycles. The van der Waals surface area contributed by atoms with Crippen LogP contribution in [0.5, 0.6) is 17.2 Å². The molecule has 204 valence electrons. The van der Waals surface area contributed by atoms with E-state index < -0.39 is 17.7 Å². The van der Waals surface area contributed by atoms with Crippen molar-refractivity contribution in [1.82, 2.24) is 4.98 Å². The third-order valence-electron chi connectivity index (χ3n) is 6.96. The predicted octanol–water partition coefficient (Wildman–Crippen LogP) is 6.18. The van der Waals surface area contributed by atoms with Gasteiger partial charge in [-0.3, -0.25) is 14.5 Å². The minimum absolute atomic E-state index is 0.0169. The first kappa shape index (κ1) is 25.9. The zero-order chi connectivity index (χ0) is 27.8. The number of nitrogens with zero attached hydrogens (tertiary/aromatic N) is 2. The van der Waals surface area contributed by atoms with E-state index in [1.807, 2.05) is 49.4 Å². The van der Waals surface area contributed by atoms with E-state index in [0.29, 0.717) is 53.3 Å². The highest BCUT2D eigenvalue weighted by Gasteiger charge is 2.48. The molecule has 1 saturated heterocycles. The Labute approximate surface area is 235 Å². The second-order valence-corrected chi connectivity index (χ2v) is 10.8. The van der Waals surface area contributed by atoms with Gasteiger partial charge in [0.2, 0.25) is 0 Å². The Morgan fingerprint density at radius 2 is 1.82 bits per heavy atom. The summed E-state index contributed by atoms with van der Waals surface area (Å²) in [5, 5.41) is 11.9. The third-order valence-corrected chi connectivity index (χ3v) is 7.98. The molecule has 3 aromatic carbocycles. The lowest BCUT2D eigenvalue weighted by Gasteiger charge is -2.23. The number of hydrogen-bond donors (Lipinski definition) is 1. The number of hydrogen-bond acceptors (Lipinski definition) is 8. The van der Waals surface area contributed by atoms with Gasteiger partial charge >= 0.3 is 5.91 Å². The Hall–Kier alpha value is -4.37. The van der Waals surface area contributed by atoms with Crippen molar-refractivity contribution >= 4 is 44.1 Å². The number of aromatic nitrogens is 1. The molecule has 4 aromatic rings. The van der Waals surface area contributed by atoms with E-state index in [9.17, 15) is 14.7 Å². The number of rotatable bonds is 7. The average Bonchev–Trinajstić information content (AvgIpc) is 3.50. The molecule has 40 heavy (non-hydrogen) atoms. The highest BCUT2D eigenvalue weighted by molar-refractivity contribution is 7.22. The Morgan fingerprint density at radius 1 is 1.05 bits per heavy atom. The van der Waals surface area contributed by atoms with Crippen LogP contribution in [0.15, 0.2) is 66.2 Å². The minimum atomic E-state index is -0.889. The molecule has 0 saturated carbocycles. The first-order chi connectivity index (χ1) is 19.4. The number of fused-ring (bicyclic) bond motifs is 2. The molecule has 1 N–H and O–H groups in total. The van der Waals surface area contributed by atoms with E-state index in [1.54, 1.807) is 18.2 Å². The van der Waals surface area contributed by atoms with Crippen LogP contribution in [-0.4, -0.2) is 41.6 Å². The van der Waals surface area contributed by atoms with Gasteiger partial charge in [0.1, 0.15) is 24.7 Å². The standard InChI is InChI=1S/C31H28N2O6S/c1-3-4-13-37-21-9-6-19(7-10-21)27-26(28(34)20-8-12-23-24(17-20)39-15-14-38-23)29(35)30(36)33(27)31-32-22-11-5-18(2)16-25(22)40-31/h5-12,16-17,27,34H,3-4,13-15H2,1-2H3/b28-26+. The van der Waals surface area contributed by atoms with Gasteiger partial charge in [0.25, 0.3) is 5.78 Å². The van der Waals surface area contributed by atoms with E-state index in [-0.39, 0.29) is 11.3 Å². The minimum Gasteiger partial charge on any atom is -0.507 e. The summed E-state index contributed by atoms with van der Waals surface area (Å²) in [6, 6.07) is 17.2. The number of benzene rings is 3. The molecule has 2 aliphatic heterocycles. The molecule has 1 amide bonds. The highest BCUT2D eigenvalue weighted by Crippen LogP contribution is 2.45. The van der Waals surface area contributed by atoms with Crippen molar-refractivity contribution in [3.8, 4) is 17.2 Å². The van der Waals surface area contributed by atoms with Crippen molar-refractivity contribution in [2.45, 2.75) is 32.7 Å². The number of amides is 1. The van der Waals surface area contributed by atoms with Crippen LogP contribution in [0, 0.1) is 6.92 Å². The molecule has 0 radical (unpaired) electrons. The lowest BCUT2D eigenvalue weighted by molar-refractivity contribution is -0.132. The summed E-state index contributed by atoms with van der Waals surface area (Å²) >= 11 is 1.33. The van der Waals surface area contributed by atoms with Crippen molar-refractivity contribution in [3.05, 3.63) is 82.9 Å². The number of ether oxygens (including phenoxy) is 3. The van der Waals surface area contributed by atoms with Gasteiger partial charge in [-0.15, -0.1) is 0 Å². The van der Waals surface area contributed by atoms with Gasteiger partial charge in [0.05, 0.1) is 28.4 Å². The SMILES string of the molecule is CCCCOc1ccc(C2/C(=C(\O)c3ccc4c(c3)OCCO4)C(=O)C(=O)N2c2nc3ccc(C)cc3s2)cc1. The fourth-order valence-electron chi connectivity index (χ4n) is 4.89. The molecule has 3 heterocycles. The van der Waals surface area contributed by atoms with Crippen molar-refractivity contribution in [3.63, 3.8) is 0 Å². The number of carbonyl (C=O) groups excluding carboxylic acids is 2. The molecule has 8 nitrogen and oxygen atoms in total. The zero-order valence-corrected chi connectivity index (χ0v) is 23.0.